The fourth-order valence-corrected chi connectivity index (χ4v) is 11.1. The second-order valence-corrected chi connectivity index (χ2v) is 17.2. The Morgan fingerprint density at radius 2 is 1.79 bits per heavy atom. The number of benzene rings is 2. The molecule has 3 fully saturated rings. The molecule has 4 aromatic rings. The van der Waals surface area contributed by atoms with E-state index < -0.39 is 82.5 Å². The van der Waals surface area contributed by atoms with Gasteiger partial charge in [-0.3, -0.25) is 33.6 Å². The van der Waals surface area contributed by atoms with E-state index in [2.05, 4.69) is 4.74 Å². The van der Waals surface area contributed by atoms with Crippen LogP contribution in [0.15, 0.2) is 54.1 Å². The predicted molar refractivity (Wildman–Crippen MR) is 206 cm³/mol. The van der Waals surface area contributed by atoms with Gasteiger partial charge in [-0.1, -0.05) is 29.7 Å². The molecule has 6 unspecified atom stereocenters. The number of fused-ring (bicyclic) bond motifs is 5. The minimum absolute atomic E-state index is 0.0209. The van der Waals surface area contributed by atoms with Crippen LogP contribution in [0.4, 0.5) is 19.0 Å². The molecular weight excluding hydrogens is 801 g/mol. The zero-order chi connectivity index (χ0) is 41.6. The first-order valence-electron chi connectivity index (χ1n) is 18.9. The maximum absolute atomic E-state index is 15.1. The van der Waals surface area contributed by atoms with Gasteiger partial charge >= 0.3 is 12.3 Å². The maximum Gasteiger partial charge on any atom is 0.573 e. The maximum atomic E-state index is 15.1. The number of imide groups is 2. The molecule has 1 saturated carbocycles. The number of aromatic hydroxyl groups is 1. The number of hydrogen-bond acceptors (Lipinski definition) is 9. The number of ether oxygens (including phenoxy) is 1. The summed E-state index contributed by atoms with van der Waals surface area (Å²) in [5, 5.41) is 26.5. The molecule has 2 saturated heterocycles. The van der Waals surface area contributed by atoms with E-state index >= 15 is 4.79 Å². The molecule has 4 heterocycles. The van der Waals surface area contributed by atoms with Gasteiger partial charge in [-0.25, -0.2) is 4.90 Å². The Kier molecular flexibility index (Phi) is 9.73. The Bertz CT molecular complexity index is 2460. The van der Waals surface area contributed by atoms with Crippen LogP contribution in [0.1, 0.15) is 62.5 Å². The van der Waals surface area contributed by atoms with Gasteiger partial charge in [0.2, 0.25) is 23.6 Å². The smallest absolute Gasteiger partial charge is 0.508 e. The minimum atomic E-state index is -5.08. The molecule has 2 aromatic carbocycles. The number of unbranched alkanes of at least 4 members (excludes halogenated alkanes) is 2. The van der Waals surface area contributed by atoms with E-state index in [1.807, 2.05) is 19.1 Å². The third-order valence-electron chi connectivity index (χ3n) is 12.4. The molecule has 2 aliphatic carbocycles. The van der Waals surface area contributed by atoms with E-state index in [0.29, 0.717) is 35.6 Å². The number of rotatable bonds is 10. The Hall–Kier alpha value is -5.22. The average Bonchev–Trinajstić information content (AvgIpc) is 3.82. The van der Waals surface area contributed by atoms with Gasteiger partial charge in [0.15, 0.2) is 0 Å². The average molecular weight is 839 g/mol. The van der Waals surface area contributed by atoms with Crippen molar-refractivity contribution < 1.29 is 52.1 Å². The number of thiophene rings is 1. The van der Waals surface area contributed by atoms with Crippen LogP contribution in [0.25, 0.3) is 20.7 Å². The first kappa shape index (κ1) is 39.6. The quantitative estimate of drug-likeness (QED) is 0.0926. The summed E-state index contributed by atoms with van der Waals surface area (Å²) in [5.74, 6) is -8.84. The van der Waals surface area contributed by atoms with Crippen LogP contribution in [0.3, 0.4) is 0 Å². The Balaban J connectivity index is 1.20. The van der Waals surface area contributed by atoms with Gasteiger partial charge in [0.05, 0.1) is 28.0 Å². The van der Waals surface area contributed by atoms with Crippen molar-refractivity contribution >= 4 is 68.4 Å². The molecule has 0 radical (unpaired) electrons. The summed E-state index contributed by atoms with van der Waals surface area (Å²) in [5.41, 5.74) is 0.0988. The number of allylic oxidation sites excluding steroid dienone is 2. The fraction of sp³-hybridized carbons (Fsp3) is 0.415. The number of aromatic nitrogens is 2. The lowest BCUT2D eigenvalue weighted by Crippen LogP contribution is -2.49. The number of carbonyl (C=O) groups excluding carboxylic acids is 4. The number of amides is 4. The molecule has 12 nitrogen and oxygen atoms in total. The number of carboxylic acids is 1. The van der Waals surface area contributed by atoms with E-state index in [0.717, 1.165) is 43.6 Å². The molecule has 2 aliphatic heterocycles. The number of aliphatic carboxylic acids is 1. The first-order valence-corrected chi connectivity index (χ1v) is 20.1. The van der Waals surface area contributed by atoms with Gasteiger partial charge in [-0.05, 0) is 92.8 Å². The number of carboxylic acid groups (broad SMARTS) is 1. The molecular formula is C41H38ClF3N4O8S. The number of carbonyl (C=O) groups is 5. The van der Waals surface area contributed by atoms with Crippen LogP contribution in [0.5, 0.6) is 11.5 Å². The number of nitrogens with zero attached hydrogens (tertiary/aromatic N) is 4. The third kappa shape index (κ3) is 6.35. The summed E-state index contributed by atoms with van der Waals surface area (Å²) < 4.78 is 47.1. The lowest BCUT2D eigenvalue weighted by Gasteiger charge is -2.49. The largest absolute Gasteiger partial charge is 0.573 e. The van der Waals surface area contributed by atoms with Gasteiger partial charge < -0.3 is 14.9 Å². The molecule has 4 aliphatic rings. The summed E-state index contributed by atoms with van der Waals surface area (Å²) in [6, 6.07) is 10.2. The monoisotopic (exact) mass is 838 g/mol. The summed E-state index contributed by atoms with van der Waals surface area (Å²) in [4.78, 5) is 71.9. The number of aryl methyl sites for hydroxylation is 2. The highest BCUT2D eigenvalue weighted by Crippen LogP contribution is 2.64. The predicted octanol–water partition coefficient (Wildman–Crippen LogP) is 7.74. The van der Waals surface area contributed by atoms with Crippen molar-refractivity contribution in [3.05, 3.63) is 70.3 Å². The Labute approximate surface area is 338 Å². The van der Waals surface area contributed by atoms with Gasteiger partial charge in [-0.2, -0.15) is 5.10 Å². The van der Waals surface area contributed by atoms with Crippen molar-refractivity contribution in [1.82, 2.24) is 14.7 Å². The van der Waals surface area contributed by atoms with Crippen LogP contribution in [-0.4, -0.2) is 67.4 Å². The van der Waals surface area contributed by atoms with Gasteiger partial charge in [-0.15, -0.1) is 24.5 Å². The fourth-order valence-electron chi connectivity index (χ4n) is 9.76. The standard InChI is InChI=1S/C41H38ClF3N4O8S/c1-19-24-15-20(42)8-13-30(24)58-35(19)28-18-31(47(3)46-28)49-37(54)27-17-25-22(10-11-23-33(25)38(55)48(36(23)53)14-6-4-5-7-32(51)52)34(40(27,2)39(49)56)26-16-21(9-12-29(26)50)57-41(43,44)45/h8-10,12-13,15-16,18,23,25,27,33-34,50H,4-7,11,14,17H2,1-3H3,(H,51,52). The summed E-state index contributed by atoms with van der Waals surface area (Å²) in [7, 11) is 1.59. The number of halogens is 4. The topological polar surface area (TPSA) is 159 Å². The summed E-state index contributed by atoms with van der Waals surface area (Å²) in [6.07, 6.45) is -2.08. The Morgan fingerprint density at radius 3 is 2.52 bits per heavy atom. The van der Waals surface area contributed by atoms with Gasteiger partial charge in [0, 0.05) is 47.3 Å². The minimum Gasteiger partial charge on any atom is -0.508 e. The summed E-state index contributed by atoms with van der Waals surface area (Å²) >= 11 is 7.75. The number of anilines is 1. The zero-order valence-electron chi connectivity index (χ0n) is 31.5. The highest BCUT2D eigenvalue weighted by molar-refractivity contribution is 7.22. The molecule has 58 heavy (non-hydrogen) atoms. The lowest BCUT2D eigenvalue weighted by atomic mass is 9.51. The zero-order valence-corrected chi connectivity index (χ0v) is 33.1. The van der Waals surface area contributed by atoms with Crippen molar-refractivity contribution in [2.75, 3.05) is 11.4 Å². The number of phenolic OH excluding ortho intramolecular Hbond substituents is 1. The number of likely N-dealkylation sites (tertiary alicyclic amines) is 1. The summed E-state index contributed by atoms with van der Waals surface area (Å²) in [6.45, 7) is 3.56. The lowest BCUT2D eigenvalue weighted by molar-refractivity contribution is -0.274. The first-order chi connectivity index (χ1) is 27.4. The van der Waals surface area contributed by atoms with Crippen molar-refractivity contribution in [1.29, 1.82) is 0 Å². The normalized spacial score (nSPS) is 25.6. The van der Waals surface area contributed by atoms with Crippen molar-refractivity contribution in [3.8, 4) is 22.1 Å². The third-order valence-corrected chi connectivity index (χ3v) is 13.9. The van der Waals surface area contributed by atoms with E-state index in [1.54, 1.807) is 32.2 Å². The van der Waals surface area contributed by atoms with Crippen LogP contribution in [0.2, 0.25) is 5.02 Å². The van der Waals surface area contributed by atoms with Gasteiger partial charge in [0.25, 0.3) is 0 Å². The number of hydrogen-bond donors (Lipinski definition) is 2. The molecule has 8 rings (SSSR count). The number of alkyl halides is 3. The van der Waals surface area contributed by atoms with E-state index in [4.69, 9.17) is 21.8 Å². The molecule has 2 aromatic heterocycles. The van der Waals surface area contributed by atoms with Crippen LogP contribution in [-0.2, 0) is 31.0 Å². The van der Waals surface area contributed by atoms with Crippen molar-refractivity contribution in [3.63, 3.8) is 0 Å². The van der Waals surface area contributed by atoms with E-state index in [1.165, 1.54) is 20.9 Å². The second kappa shape index (κ2) is 14.3. The molecule has 304 valence electrons. The van der Waals surface area contributed by atoms with E-state index in [-0.39, 0.29) is 37.2 Å². The SMILES string of the molecule is Cc1c(-c2cc(N3C(=O)C4CC5C(=CCC6C(=O)N(CCCCCC(=O)O)C(=O)C65)C(c5cc(OC(F)(F)F)ccc5O)C4(C)C3=O)n(C)n2)sc2ccc(Cl)cc12. The van der Waals surface area contributed by atoms with Crippen molar-refractivity contribution in [2.45, 2.75) is 64.7 Å². The highest BCUT2D eigenvalue weighted by Gasteiger charge is 2.68. The molecule has 4 amide bonds. The van der Waals surface area contributed by atoms with Crippen LogP contribution >= 0.6 is 22.9 Å². The highest BCUT2D eigenvalue weighted by atomic mass is 35.5. The van der Waals surface area contributed by atoms with Crippen LogP contribution in [0, 0.1) is 36.0 Å². The van der Waals surface area contributed by atoms with Gasteiger partial charge in [0.1, 0.15) is 23.0 Å². The molecule has 6 atom stereocenters. The van der Waals surface area contributed by atoms with Crippen molar-refractivity contribution in [2.24, 2.45) is 36.1 Å². The molecule has 0 spiro atoms. The molecule has 17 heteroatoms. The molecule has 0 bridgehead atoms. The Morgan fingerprint density at radius 1 is 1.03 bits per heavy atom. The number of phenols is 1. The molecule has 2 N–H and O–H groups in total. The van der Waals surface area contributed by atoms with E-state index in [9.17, 15) is 37.5 Å². The van der Waals surface area contributed by atoms with Crippen LogP contribution < -0.4 is 9.64 Å². The second-order valence-electron chi connectivity index (χ2n) is 15.7.